The summed E-state index contributed by atoms with van der Waals surface area (Å²) >= 11 is 1.46. The van der Waals surface area contributed by atoms with Gasteiger partial charge in [-0.05, 0) is 24.6 Å². The molecule has 1 N–H and O–H groups in total. The number of aromatic nitrogens is 1. The van der Waals surface area contributed by atoms with E-state index in [-0.39, 0.29) is 11.8 Å². The fourth-order valence-corrected chi connectivity index (χ4v) is 3.69. The molecule has 2 heterocycles. The predicted octanol–water partition coefficient (Wildman–Crippen LogP) is 2.63. The van der Waals surface area contributed by atoms with Crippen LogP contribution in [0.25, 0.3) is 0 Å². The van der Waals surface area contributed by atoms with E-state index >= 15 is 0 Å². The van der Waals surface area contributed by atoms with E-state index in [1.165, 1.54) is 11.8 Å². The van der Waals surface area contributed by atoms with Crippen molar-refractivity contribution in [1.29, 1.82) is 0 Å². The molecule has 6 nitrogen and oxygen atoms in total. The number of thioether (sulfide) groups is 1. The summed E-state index contributed by atoms with van der Waals surface area (Å²) in [7, 11) is 1.61. The first-order chi connectivity index (χ1) is 12.7. The molecular formula is C19H21N3O3S. The normalized spacial score (nSPS) is 13.3. The summed E-state index contributed by atoms with van der Waals surface area (Å²) in [5.41, 5.74) is 1.77. The smallest absolute Gasteiger partial charge is 0.237 e. The van der Waals surface area contributed by atoms with Crippen LogP contribution in [0.5, 0.6) is 5.75 Å². The number of carbonyl (C=O) groups is 2. The van der Waals surface area contributed by atoms with E-state index < -0.39 is 0 Å². The summed E-state index contributed by atoms with van der Waals surface area (Å²) in [5.74, 6) is 1.17. The maximum Gasteiger partial charge on any atom is 0.237 e. The number of para-hydroxylation sites is 1. The van der Waals surface area contributed by atoms with Gasteiger partial charge in [0.1, 0.15) is 10.8 Å². The van der Waals surface area contributed by atoms with E-state index in [9.17, 15) is 9.59 Å². The summed E-state index contributed by atoms with van der Waals surface area (Å²) < 4.78 is 5.28. The number of pyridine rings is 1. The number of nitrogens with zero attached hydrogens (tertiary/aromatic N) is 2. The summed E-state index contributed by atoms with van der Waals surface area (Å²) in [5, 5.41) is 3.77. The fourth-order valence-electron chi connectivity index (χ4n) is 2.82. The second kappa shape index (κ2) is 8.71. The number of rotatable bonds is 7. The average molecular weight is 371 g/mol. The van der Waals surface area contributed by atoms with E-state index in [0.29, 0.717) is 31.7 Å². The molecule has 1 aliphatic heterocycles. The van der Waals surface area contributed by atoms with Crippen LogP contribution in [0.15, 0.2) is 47.6 Å². The molecule has 7 heteroatoms. The quantitative estimate of drug-likeness (QED) is 0.810. The highest BCUT2D eigenvalue weighted by Crippen LogP contribution is 2.33. The summed E-state index contributed by atoms with van der Waals surface area (Å²) in [4.78, 5) is 30.3. The molecule has 26 heavy (non-hydrogen) atoms. The Morgan fingerprint density at radius 2 is 2.15 bits per heavy atom. The third-order valence-corrected chi connectivity index (χ3v) is 5.11. The van der Waals surface area contributed by atoms with Crippen LogP contribution >= 0.6 is 11.8 Å². The number of hydrogen-bond acceptors (Lipinski definition) is 5. The standard InChI is InChI=1S/C19H21N3O3S/c1-25-16-8-3-2-6-14(16)12-21-17(23)9-5-11-22-15-7-4-10-20-19(15)26-13-18(22)24/h2-4,6-8,10H,5,9,11-13H2,1H3,(H,21,23). The van der Waals surface area contributed by atoms with E-state index in [1.807, 2.05) is 36.4 Å². The molecule has 0 fully saturated rings. The molecule has 1 aromatic heterocycles. The van der Waals surface area contributed by atoms with Crippen molar-refractivity contribution in [1.82, 2.24) is 10.3 Å². The molecule has 1 aliphatic rings. The van der Waals surface area contributed by atoms with E-state index in [1.54, 1.807) is 18.2 Å². The Morgan fingerprint density at radius 3 is 3.00 bits per heavy atom. The molecule has 0 aliphatic carbocycles. The first-order valence-corrected chi connectivity index (χ1v) is 9.44. The number of fused-ring (bicyclic) bond motifs is 1. The fraction of sp³-hybridized carbons (Fsp3) is 0.316. The predicted molar refractivity (Wildman–Crippen MR) is 101 cm³/mol. The Hall–Kier alpha value is -2.54. The van der Waals surface area contributed by atoms with Crippen molar-refractivity contribution < 1.29 is 14.3 Å². The SMILES string of the molecule is COc1ccccc1CNC(=O)CCCN1C(=O)CSc2ncccc21. The van der Waals surface area contributed by atoms with E-state index in [0.717, 1.165) is 22.0 Å². The van der Waals surface area contributed by atoms with Crippen LogP contribution < -0.4 is 15.0 Å². The van der Waals surface area contributed by atoms with Gasteiger partial charge in [-0.1, -0.05) is 30.0 Å². The summed E-state index contributed by atoms with van der Waals surface area (Å²) in [6.07, 6.45) is 2.69. The zero-order valence-corrected chi connectivity index (χ0v) is 15.4. The topological polar surface area (TPSA) is 71.5 Å². The summed E-state index contributed by atoms with van der Waals surface area (Å²) in [6.45, 7) is 0.940. The van der Waals surface area contributed by atoms with Crippen LogP contribution in [0.4, 0.5) is 5.69 Å². The number of carbonyl (C=O) groups excluding carboxylic acids is 2. The third kappa shape index (κ3) is 4.35. The van der Waals surface area contributed by atoms with Gasteiger partial charge in [0.15, 0.2) is 0 Å². The van der Waals surface area contributed by atoms with Crippen molar-refractivity contribution in [2.75, 3.05) is 24.3 Å². The van der Waals surface area contributed by atoms with Crippen LogP contribution in [0.2, 0.25) is 0 Å². The maximum atomic E-state index is 12.2. The van der Waals surface area contributed by atoms with Gasteiger partial charge in [-0.15, -0.1) is 0 Å². The highest BCUT2D eigenvalue weighted by atomic mass is 32.2. The van der Waals surface area contributed by atoms with Crippen molar-refractivity contribution in [3.63, 3.8) is 0 Å². The van der Waals surface area contributed by atoms with Gasteiger partial charge in [-0.3, -0.25) is 9.59 Å². The molecular weight excluding hydrogens is 350 g/mol. The molecule has 0 saturated heterocycles. The molecule has 136 valence electrons. The van der Waals surface area contributed by atoms with Gasteiger partial charge >= 0.3 is 0 Å². The lowest BCUT2D eigenvalue weighted by Gasteiger charge is -2.27. The number of amides is 2. The second-order valence-corrected chi connectivity index (χ2v) is 6.82. The number of nitrogens with one attached hydrogen (secondary N) is 1. The minimum Gasteiger partial charge on any atom is -0.496 e. The number of anilines is 1. The first kappa shape index (κ1) is 18.3. The monoisotopic (exact) mass is 371 g/mol. The molecule has 0 spiro atoms. The van der Waals surface area contributed by atoms with Crippen LogP contribution in [0.1, 0.15) is 18.4 Å². The minimum absolute atomic E-state index is 0.0406. The van der Waals surface area contributed by atoms with Gasteiger partial charge in [0.2, 0.25) is 11.8 Å². The molecule has 0 unspecified atom stereocenters. The van der Waals surface area contributed by atoms with Gasteiger partial charge in [-0.25, -0.2) is 4.98 Å². The lowest BCUT2D eigenvalue weighted by molar-refractivity contribution is -0.121. The molecule has 0 saturated carbocycles. The molecule has 2 aromatic rings. The number of hydrogen-bond donors (Lipinski definition) is 1. The highest BCUT2D eigenvalue weighted by molar-refractivity contribution is 8.00. The van der Waals surface area contributed by atoms with Crippen LogP contribution in [0.3, 0.4) is 0 Å². The Bertz CT molecular complexity index is 797. The Balaban J connectivity index is 1.49. The van der Waals surface area contributed by atoms with E-state index in [4.69, 9.17) is 4.74 Å². The van der Waals surface area contributed by atoms with Crippen LogP contribution in [0, 0.1) is 0 Å². The molecule has 2 amide bonds. The molecule has 0 radical (unpaired) electrons. The van der Waals surface area contributed by atoms with Crippen molar-refractivity contribution in [2.45, 2.75) is 24.4 Å². The number of benzene rings is 1. The highest BCUT2D eigenvalue weighted by Gasteiger charge is 2.25. The minimum atomic E-state index is -0.0406. The second-order valence-electron chi connectivity index (χ2n) is 5.85. The first-order valence-electron chi connectivity index (χ1n) is 8.46. The lowest BCUT2D eigenvalue weighted by Crippen LogP contribution is -2.37. The van der Waals surface area contributed by atoms with Gasteiger partial charge < -0.3 is 15.0 Å². The van der Waals surface area contributed by atoms with Crippen molar-refractivity contribution in [3.8, 4) is 5.75 Å². The van der Waals surface area contributed by atoms with Crippen LogP contribution in [-0.4, -0.2) is 36.2 Å². The maximum absolute atomic E-state index is 12.2. The average Bonchev–Trinajstić information content (AvgIpc) is 2.68. The van der Waals surface area contributed by atoms with Crippen molar-refractivity contribution in [3.05, 3.63) is 48.2 Å². The van der Waals surface area contributed by atoms with Gasteiger partial charge in [0.25, 0.3) is 0 Å². The molecule has 0 atom stereocenters. The van der Waals surface area contributed by atoms with Crippen LogP contribution in [-0.2, 0) is 16.1 Å². The van der Waals surface area contributed by atoms with Gasteiger partial charge in [-0.2, -0.15) is 0 Å². The lowest BCUT2D eigenvalue weighted by atomic mass is 10.2. The van der Waals surface area contributed by atoms with Crippen molar-refractivity contribution >= 4 is 29.3 Å². The molecule has 3 rings (SSSR count). The Labute approximate surface area is 156 Å². The van der Waals surface area contributed by atoms with E-state index in [2.05, 4.69) is 10.3 Å². The molecule has 1 aromatic carbocycles. The largest absolute Gasteiger partial charge is 0.496 e. The van der Waals surface area contributed by atoms with Gasteiger partial charge in [0.05, 0.1) is 18.6 Å². The third-order valence-electron chi connectivity index (χ3n) is 4.13. The molecule has 0 bridgehead atoms. The zero-order valence-electron chi connectivity index (χ0n) is 14.6. The van der Waals surface area contributed by atoms with Gasteiger partial charge in [0, 0.05) is 31.3 Å². The Kier molecular flexibility index (Phi) is 6.12. The Morgan fingerprint density at radius 1 is 1.31 bits per heavy atom. The number of ether oxygens (including phenoxy) is 1. The zero-order chi connectivity index (χ0) is 18.4. The van der Waals surface area contributed by atoms with Crippen molar-refractivity contribution in [2.24, 2.45) is 0 Å². The summed E-state index contributed by atoms with van der Waals surface area (Å²) in [6, 6.07) is 11.3. The number of methoxy groups -OCH3 is 1.